The third-order valence-corrected chi connectivity index (χ3v) is 6.41. The molecule has 7 heteroatoms. The minimum atomic E-state index is -3.73. The van der Waals surface area contributed by atoms with Gasteiger partial charge in [0.05, 0.1) is 10.6 Å². The van der Waals surface area contributed by atoms with E-state index in [0.29, 0.717) is 11.4 Å². The van der Waals surface area contributed by atoms with E-state index in [1.807, 2.05) is 25.1 Å². The normalized spacial score (nSPS) is 15.7. The van der Waals surface area contributed by atoms with E-state index in [1.165, 1.54) is 6.42 Å². The van der Waals surface area contributed by atoms with Gasteiger partial charge in [-0.2, -0.15) is 18.4 Å². The minimum absolute atomic E-state index is 0.0523. The van der Waals surface area contributed by atoms with Crippen LogP contribution >= 0.6 is 0 Å². The van der Waals surface area contributed by atoms with Crippen molar-refractivity contribution in [3.05, 3.63) is 59.7 Å². The molecule has 2 N–H and O–H groups in total. The van der Waals surface area contributed by atoms with Crippen LogP contribution in [0.25, 0.3) is 0 Å². The van der Waals surface area contributed by atoms with Gasteiger partial charge < -0.3 is 5.32 Å². The lowest BCUT2D eigenvalue weighted by Gasteiger charge is -2.20. The number of nitrogens with zero attached hydrogens (tertiary/aromatic N) is 1. The summed E-state index contributed by atoms with van der Waals surface area (Å²) in [5.74, 6) is 0.125. The number of benzene rings is 2. The van der Waals surface area contributed by atoms with Crippen LogP contribution in [-0.4, -0.2) is 20.0 Å². The van der Waals surface area contributed by atoms with E-state index >= 15 is 0 Å². The molecule has 154 valence electrons. The smallest absolute Gasteiger partial charge is 0.276 e. The summed E-state index contributed by atoms with van der Waals surface area (Å²) in [7, 11) is -3.73. The maximum Gasteiger partial charge on any atom is 0.276 e. The number of sulfonamides is 1. The molecule has 0 saturated heterocycles. The number of hydrogen-bond donors (Lipinski definition) is 2. The van der Waals surface area contributed by atoms with Crippen molar-refractivity contribution in [2.24, 2.45) is 11.0 Å². The highest BCUT2D eigenvalue weighted by Crippen LogP contribution is 2.25. The van der Waals surface area contributed by atoms with Crippen molar-refractivity contribution >= 4 is 27.3 Å². The average Bonchev–Trinajstić information content (AvgIpc) is 2.73. The molecule has 2 aromatic carbocycles. The lowest BCUT2D eigenvalue weighted by Crippen LogP contribution is -2.24. The van der Waals surface area contributed by atoms with Gasteiger partial charge in [-0.15, -0.1) is 0 Å². The molecule has 1 saturated carbocycles. The van der Waals surface area contributed by atoms with Gasteiger partial charge in [-0.25, -0.2) is 0 Å². The lowest BCUT2D eigenvalue weighted by molar-refractivity contribution is -0.120. The third-order valence-electron chi connectivity index (χ3n) is 5.19. The summed E-state index contributed by atoms with van der Waals surface area (Å²) < 4.78 is 24.8. The maximum atomic E-state index is 12.5. The Bertz CT molecular complexity index is 992. The van der Waals surface area contributed by atoms with E-state index in [-0.39, 0.29) is 16.7 Å². The van der Waals surface area contributed by atoms with Crippen LogP contribution in [0.15, 0.2) is 58.5 Å². The second-order valence-corrected chi connectivity index (χ2v) is 9.17. The van der Waals surface area contributed by atoms with Gasteiger partial charge >= 0.3 is 0 Å². The molecule has 0 unspecified atom stereocenters. The summed E-state index contributed by atoms with van der Waals surface area (Å²) in [6, 6.07) is 13.9. The topological polar surface area (TPSA) is 87.6 Å². The summed E-state index contributed by atoms with van der Waals surface area (Å²) in [6.45, 7) is 3.62. The number of carbonyl (C=O) groups excluding carboxylic acids is 1. The molecule has 1 aliphatic carbocycles. The van der Waals surface area contributed by atoms with Crippen LogP contribution in [0.5, 0.6) is 0 Å². The first-order valence-electron chi connectivity index (χ1n) is 9.89. The first-order chi connectivity index (χ1) is 13.8. The fourth-order valence-corrected chi connectivity index (χ4v) is 4.25. The number of amides is 1. The van der Waals surface area contributed by atoms with Gasteiger partial charge in [-0.3, -0.25) is 4.79 Å². The summed E-state index contributed by atoms with van der Waals surface area (Å²) in [4.78, 5) is 14.9. The Morgan fingerprint density at radius 1 is 1.03 bits per heavy atom. The fraction of sp³-hybridized carbons (Fsp3) is 0.364. The molecule has 0 aliphatic heterocycles. The van der Waals surface area contributed by atoms with Crippen LogP contribution in [0.1, 0.15) is 50.2 Å². The highest BCUT2D eigenvalue weighted by Gasteiger charge is 2.21. The molecule has 3 rings (SSSR count). The zero-order valence-electron chi connectivity index (χ0n) is 16.8. The van der Waals surface area contributed by atoms with E-state index in [4.69, 9.17) is 0 Å². The van der Waals surface area contributed by atoms with Crippen molar-refractivity contribution in [1.29, 1.82) is 0 Å². The molecule has 0 bridgehead atoms. The Hall–Kier alpha value is -2.67. The Morgan fingerprint density at radius 3 is 2.41 bits per heavy atom. The van der Waals surface area contributed by atoms with Crippen molar-refractivity contribution in [2.75, 3.05) is 5.32 Å². The summed E-state index contributed by atoms with van der Waals surface area (Å²) >= 11 is 0. The number of aryl methyl sites for hydroxylation is 1. The summed E-state index contributed by atoms with van der Waals surface area (Å²) in [6.07, 6.45) is 5.28. The third kappa shape index (κ3) is 5.67. The second-order valence-electron chi connectivity index (χ2n) is 7.51. The van der Waals surface area contributed by atoms with Crippen LogP contribution in [0.4, 0.5) is 5.69 Å². The first kappa shape index (κ1) is 21.0. The molecular formula is C22H27N3O3S. The first-order valence-corrected chi connectivity index (χ1v) is 11.4. The number of carbonyl (C=O) groups is 1. The van der Waals surface area contributed by atoms with Crippen LogP contribution < -0.4 is 10.1 Å². The molecule has 0 spiro atoms. The van der Waals surface area contributed by atoms with Crippen molar-refractivity contribution in [3.8, 4) is 0 Å². The SMILES string of the molecule is C/C(=N/NS(=O)(=O)c1ccc(C)cc1)c1cccc(NC(=O)C2CCCCC2)c1. The molecule has 1 aliphatic rings. The van der Waals surface area contributed by atoms with Crippen LogP contribution in [0.2, 0.25) is 0 Å². The van der Waals surface area contributed by atoms with Gasteiger partial charge in [0, 0.05) is 11.6 Å². The molecule has 0 aromatic heterocycles. The highest BCUT2D eigenvalue weighted by molar-refractivity contribution is 7.89. The molecule has 2 aromatic rings. The summed E-state index contributed by atoms with van der Waals surface area (Å²) in [5.41, 5.74) is 2.91. The Kier molecular flexibility index (Phi) is 6.69. The highest BCUT2D eigenvalue weighted by atomic mass is 32.2. The van der Waals surface area contributed by atoms with E-state index in [9.17, 15) is 13.2 Å². The van der Waals surface area contributed by atoms with Gasteiger partial charge in [0.25, 0.3) is 10.0 Å². The predicted molar refractivity (Wildman–Crippen MR) is 115 cm³/mol. The Balaban J connectivity index is 1.68. The quantitative estimate of drug-likeness (QED) is 0.549. The second kappa shape index (κ2) is 9.22. The van der Waals surface area contributed by atoms with Gasteiger partial charge in [-0.1, -0.05) is 49.1 Å². The van der Waals surface area contributed by atoms with Crippen molar-refractivity contribution < 1.29 is 13.2 Å². The fourth-order valence-electron chi connectivity index (χ4n) is 3.39. The van der Waals surface area contributed by atoms with Crippen LogP contribution in [0.3, 0.4) is 0 Å². The Morgan fingerprint density at radius 2 is 1.72 bits per heavy atom. The molecular weight excluding hydrogens is 386 g/mol. The van der Waals surface area contributed by atoms with Crippen molar-refractivity contribution in [2.45, 2.75) is 50.8 Å². The van der Waals surface area contributed by atoms with E-state index in [2.05, 4.69) is 15.2 Å². The monoisotopic (exact) mass is 413 g/mol. The molecule has 1 amide bonds. The number of nitrogens with one attached hydrogen (secondary N) is 2. The molecule has 6 nitrogen and oxygen atoms in total. The van der Waals surface area contributed by atoms with Crippen LogP contribution in [-0.2, 0) is 14.8 Å². The maximum absolute atomic E-state index is 12.5. The molecule has 29 heavy (non-hydrogen) atoms. The average molecular weight is 414 g/mol. The van der Waals surface area contributed by atoms with Crippen molar-refractivity contribution in [3.63, 3.8) is 0 Å². The number of hydrogen-bond acceptors (Lipinski definition) is 4. The summed E-state index contributed by atoms with van der Waals surface area (Å²) in [5, 5.41) is 7.02. The van der Waals surface area contributed by atoms with E-state index in [1.54, 1.807) is 37.3 Å². The van der Waals surface area contributed by atoms with Gasteiger partial charge in [0.1, 0.15) is 0 Å². The standard InChI is InChI=1S/C22H27N3O3S/c1-16-11-13-21(14-12-16)29(27,28)25-24-17(2)19-9-6-10-20(15-19)23-22(26)18-7-4-3-5-8-18/h6,9-15,18,25H,3-5,7-8H2,1-2H3,(H,23,26)/b24-17-. The molecule has 0 atom stereocenters. The largest absolute Gasteiger partial charge is 0.326 e. The molecule has 0 heterocycles. The van der Waals surface area contributed by atoms with Crippen LogP contribution in [0, 0.1) is 12.8 Å². The zero-order valence-corrected chi connectivity index (χ0v) is 17.6. The van der Waals surface area contributed by atoms with Gasteiger partial charge in [0.2, 0.25) is 5.91 Å². The molecule has 1 fully saturated rings. The van der Waals surface area contributed by atoms with Gasteiger partial charge in [-0.05, 0) is 56.5 Å². The zero-order chi connectivity index (χ0) is 20.9. The van der Waals surface area contributed by atoms with E-state index < -0.39 is 10.0 Å². The van der Waals surface area contributed by atoms with Gasteiger partial charge in [0.15, 0.2) is 0 Å². The Labute approximate surface area is 172 Å². The van der Waals surface area contributed by atoms with Crippen molar-refractivity contribution in [1.82, 2.24) is 4.83 Å². The predicted octanol–water partition coefficient (Wildman–Crippen LogP) is 4.22. The number of anilines is 1. The molecule has 0 radical (unpaired) electrons. The number of rotatable bonds is 6. The lowest BCUT2D eigenvalue weighted by atomic mass is 9.88. The minimum Gasteiger partial charge on any atom is -0.326 e. The van der Waals surface area contributed by atoms with E-state index in [0.717, 1.165) is 36.8 Å². The number of hydrazone groups is 1.